The molecule has 2 unspecified atom stereocenters. The minimum Gasteiger partial charge on any atom is -0.387 e. The van der Waals surface area contributed by atoms with Crippen molar-refractivity contribution in [1.29, 1.82) is 0 Å². The lowest BCUT2D eigenvalue weighted by molar-refractivity contribution is 0.0684. The third kappa shape index (κ3) is 3.70. The summed E-state index contributed by atoms with van der Waals surface area (Å²) in [6, 6.07) is 5.30. The number of halogens is 1. The second-order valence-electron chi connectivity index (χ2n) is 5.58. The summed E-state index contributed by atoms with van der Waals surface area (Å²) < 4.78 is 5.56. The van der Waals surface area contributed by atoms with Crippen molar-refractivity contribution in [3.05, 3.63) is 45.2 Å². The van der Waals surface area contributed by atoms with Crippen molar-refractivity contribution in [3.63, 3.8) is 0 Å². The second-order valence-corrected chi connectivity index (χ2v) is 6.97. The smallest absolute Gasteiger partial charge is 0.250 e. The fourth-order valence-electron chi connectivity index (χ4n) is 2.76. The summed E-state index contributed by atoms with van der Waals surface area (Å²) in [6.45, 7) is 1.66. The lowest BCUT2D eigenvalue weighted by atomic mass is 10.1. The summed E-state index contributed by atoms with van der Waals surface area (Å²) in [5.41, 5.74) is 5.53. The van der Waals surface area contributed by atoms with E-state index in [0.717, 1.165) is 4.88 Å². The zero-order valence-corrected chi connectivity index (χ0v) is 14.5. The summed E-state index contributed by atoms with van der Waals surface area (Å²) in [4.78, 5) is 18.5. The summed E-state index contributed by atoms with van der Waals surface area (Å²) in [5, 5.41) is 12.7. The van der Waals surface area contributed by atoms with Gasteiger partial charge in [0, 0.05) is 24.0 Å². The standard InChI is InChI=1S/C16H18ClN3O3S/c17-12-6-10(15(18)22)8-19-16(12)20-3-4-23-9-11(20)7-13(21)14-2-1-5-24-14/h1-2,5-6,8,11,13,21H,3-4,7,9H2,(H2,18,22). The monoisotopic (exact) mass is 367 g/mol. The lowest BCUT2D eigenvalue weighted by Crippen LogP contribution is -2.46. The van der Waals surface area contributed by atoms with Gasteiger partial charge in [0.1, 0.15) is 5.82 Å². The molecule has 1 aliphatic heterocycles. The van der Waals surface area contributed by atoms with Gasteiger partial charge >= 0.3 is 0 Å². The Labute approximate surface area is 148 Å². The highest BCUT2D eigenvalue weighted by Crippen LogP contribution is 2.31. The van der Waals surface area contributed by atoms with Gasteiger partial charge in [-0.05, 0) is 17.5 Å². The number of carbonyl (C=O) groups excluding carboxylic acids is 1. The van der Waals surface area contributed by atoms with Crippen LogP contribution in [0.2, 0.25) is 5.02 Å². The van der Waals surface area contributed by atoms with Crippen LogP contribution in [0.25, 0.3) is 0 Å². The van der Waals surface area contributed by atoms with Crippen molar-refractivity contribution in [3.8, 4) is 0 Å². The molecule has 3 N–H and O–H groups in total. The van der Waals surface area contributed by atoms with Crippen LogP contribution in [0.5, 0.6) is 0 Å². The number of hydrogen-bond acceptors (Lipinski definition) is 6. The highest BCUT2D eigenvalue weighted by molar-refractivity contribution is 7.10. The Morgan fingerprint density at radius 2 is 2.46 bits per heavy atom. The molecule has 2 aromatic rings. The van der Waals surface area contributed by atoms with Crippen LogP contribution in [-0.4, -0.2) is 41.8 Å². The highest BCUT2D eigenvalue weighted by Gasteiger charge is 2.29. The summed E-state index contributed by atoms with van der Waals surface area (Å²) >= 11 is 7.82. The molecule has 1 aliphatic rings. The Balaban J connectivity index is 1.80. The minimum atomic E-state index is -0.567. The number of thiophene rings is 1. The number of anilines is 1. The van der Waals surface area contributed by atoms with Gasteiger partial charge in [-0.15, -0.1) is 11.3 Å². The summed E-state index contributed by atoms with van der Waals surface area (Å²) in [5.74, 6) is 0.0101. The van der Waals surface area contributed by atoms with Gasteiger partial charge in [0.2, 0.25) is 5.91 Å². The Hall–Kier alpha value is -1.67. The van der Waals surface area contributed by atoms with Crippen LogP contribution in [0.4, 0.5) is 5.82 Å². The maximum absolute atomic E-state index is 11.2. The van der Waals surface area contributed by atoms with E-state index < -0.39 is 12.0 Å². The molecule has 0 aliphatic carbocycles. The Morgan fingerprint density at radius 3 is 3.12 bits per heavy atom. The molecule has 0 radical (unpaired) electrons. The van der Waals surface area contributed by atoms with Crippen molar-refractivity contribution in [2.75, 3.05) is 24.7 Å². The van der Waals surface area contributed by atoms with Crippen LogP contribution in [0.1, 0.15) is 27.8 Å². The number of primary amides is 1. The molecular weight excluding hydrogens is 350 g/mol. The summed E-state index contributed by atoms with van der Waals surface area (Å²) in [6.07, 6.45) is 1.37. The van der Waals surface area contributed by atoms with Crippen LogP contribution in [0.3, 0.4) is 0 Å². The number of nitrogens with two attached hydrogens (primary N) is 1. The number of pyridine rings is 1. The zero-order chi connectivity index (χ0) is 17.1. The molecule has 1 saturated heterocycles. The van der Waals surface area contributed by atoms with Gasteiger partial charge in [0.15, 0.2) is 0 Å². The van der Waals surface area contributed by atoms with Crippen LogP contribution >= 0.6 is 22.9 Å². The van der Waals surface area contributed by atoms with Gasteiger partial charge < -0.3 is 20.5 Å². The average molecular weight is 368 g/mol. The first-order valence-electron chi connectivity index (χ1n) is 7.57. The number of amides is 1. The van der Waals surface area contributed by atoms with E-state index in [1.54, 1.807) is 0 Å². The van der Waals surface area contributed by atoms with Crippen LogP contribution in [0.15, 0.2) is 29.8 Å². The molecule has 24 heavy (non-hydrogen) atoms. The second kappa shape index (κ2) is 7.48. The van der Waals surface area contributed by atoms with E-state index in [9.17, 15) is 9.90 Å². The Kier molecular flexibility index (Phi) is 5.35. The van der Waals surface area contributed by atoms with Crippen LogP contribution in [-0.2, 0) is 4.74 Å². The number of ether oxygens (including phenoxy) is 1. The van der Waals surface area contributed by atoms with E-state index in [1.807, 2.05) is 22.4 Å². The maximum Gasteiger partial charge on any atom is 0.250 e. The summed E-state index contributed by atoms with van der Waals surface area (Å²) in [7, 11) is 0. The van der Waals surface area contributed by atoms with E-state index in [-0.39, 0.29) is 11.6 Å². The predicted octanol–water partition coefficient (Wildman–Crippen LogP) is 2.22. The van der Waals surface area contributed by atoms with Crippen LogP contribution in [0, 0.1) is 0 Å². The van der Waals surface area contributed by atoms with Crippen molar-refractivity contribution in [2.45, 2.75) is 18.6 Å². The Bertz CT molecular complexity index is 711. The van der Waals surface area contributed by atoms with Crippen molar-refractivity contribution in [2.24, 2.45) is 5.73 Å². The first-order valence-corrected chi connectivity index (χ1v) is 8.83. The molecule has 128 valence electrons. The molecule has 0 spiro atoms. The van der Waals surface area contributed by atoms with Gasteiger partial charge in [-0.2, -0.15) is 0 Å². The lowest BCUT2D eigenvalue weighted by Gasteiger charge is -2.37. The van der Waals surface area contributed by atoms with Gasteiger partial charge in [0.25, 0.3) is 0 Å². The van der Waals surface area contributed by atoms with Crippen LogP contribution < -0.4 is 10.6 Å². The van der Waals surface area contributed by atoms with E-state index in [2.05, 4.69) is 4.98 Å². The predicted molar refractivity (Wildman–Crippen MR) is 93.6 cm³/mol. The zero-order valence-electron chi connectivity index (χ0n) is 12.9. The van der Waals surface area contributed by atoms with Gasteiger partial charge in [-0.1, -0.05) is 17.7 Å². The molecule has 1 amide bonds. The minimum absolute atomic E-state index is 0.0553. The number of aliphatic hydroxyl groups is 1. The van der Waals surface area contributed by atoms with E-state index >= 15 is 0 Å². The molecule has 3 rings (SSSR count). The van der Waals surface area contributed by atoms with E-state index in [0.29, 0.717) is 37.0 Å². The third-order valence-corrected chi connectivity index (χ3v) is 5.22. The number of hydrogen-bond donors (Lipinski definition) is 2. The highest BCUT2D eigenvalue weighted by atomic mass is 35.5. The average Bonchev–Trinajstić information content (AvgIpc) is 3.10. The topological polar surface area (TPSA) is 88.7 Å². The molecule has 3 heterocycles. The number of morpholine rings is 1. The molecular formula is C16H18ClN3O3S. The molecule has 1 fully saturated rings. The van der Waals surface area contributed by atoms with Gasteiger partial charge in [-0.25, -0.2) is 4.98 Å². The molecule has 0 bridgehead atoms. The van der Waals surface area contributed by atoms with Gasteiger partial charge in [0.05, 0.1) is 35.9 Å². The first-order chi connectivity index (χ1) is 11.6. The number of rotatable bonds is 5. The maximum atomic E-state index is 11.2. The number of aromatic nitrogens is 1. The molecule has 2 atom stereocenters. The number of nitrogens with zero attached hydrogens (tertiary/aromatic N) is 2. The van der Waals surface area contributed by atoms with Crippen molar-refractivity contribution >= 4 is 34.7 Å². The van der Waals surface area contributed by atoms with E-state index in [1.165, 1.54) is 23.6 Å². The number of aliphatic hydroxyl groups excluding tert-OH is 1. The fourth-order valence-corrected chi connectivity index (χ4v) is 3.76. The normalized spacial score (nSPS) is 19.2. The largest absolute Gasteiger partial charge is 0.387 e. The number of carbonyl (C=O) groups is 1. The quantitative estimate of drug-likeness (QED) is 0.845. The third-order valence-electron chi connectivity index (χ3n) is 3.97. The SMILES string of the molecule is NC(=O)c1cnc(N2CCOCC2CC(O)c2cccs2)c(Cl)c1. The molecule has 6 nitrogen and oxygen atoms in total. The fraction of sp³-hybridized carbons (Fsp3) is 0.375. The van der Waals surface area contributed by atoms with E-state index in [4.69, 9.17) is 22.1 Å². The van der Waals surface area contributed by atoms with Crippen molar-refractivity contribution < 1.29 is 14.6 Å². The first kappa shape index (κ1) is 17.2. The Morgan fingerprint density at radius 1 is 1.62 bits per heavy atom. The molecule has 0 aromatic carbocycles. The van der Waals surface area contributed by atoms with Crippen molar-refractivity contribution in [1.82, 2.24) is 4.98 Å². The molecule has 0 saturated carbocycles. The molecule has 2 aromatic heterocycles. The molecule has 8 heteroatoms. The van der Waals surface area contributed by atoms with Gasteiger partial charge in [-0.3, -0.25) is 4.79 Å².